The van der Waals surface area contributed by atoms with Crippen molar-refractivity contribution in [3.05, 3.63) is 59.2 Å². The third-order valence-electron chi connectivity index (χ3n) is 5.15. The maximum absolute atomic E-state index is 14.4. The maximum atomic E-state index is 14.4. The standard InChI is InChI=1S/C23H21FN4O3S/c1-13(29)25-16-7-8-17(18(24)11-16)20-12-32-23(27-20)28-21(30)9-6-15-10-14-4-2-3-5-19(14)26-22(15)31/h2-5,7-8,11-12,15H,6,9-10H2,1H3,(H,25,29)(H,26,31)(H,27,28,30). The number of nitrogens with one attached hydrogen (secondary N) is 3. The molecule has 0 bridgehead atoms. The first-order valence-corrected chi connectivity index (χ1v) is 11.0. The van der Waals surface area contributed by atoms with Crippen LogP contribution in [0.5, 0.6) is 0 Å². The number of anilines is 3. The molecule has 0 saturated carbocycles. The summed E-state index contributed by atoms with van der Waals surface area (Å²) in [7, 11) is 0. The number of rotatable bonds is 6. The predicted octanol–water partition coefficient (Wildman–Crippen LogP) is 4.44. The van der Waals surface area contributed by atoms with Crippen molar-refractivity contribution in [3.63, 3.8) is 0 Å². The maximum Gasteiger partial charge on any atom is 0.227 e. The van der Waals surface area contributed by atoms with E-state index in [1.165, 1.54) is 30.4 Å². The van der Waals surface area contributed by atoms with E-state index in [0.29, 0.717) is 29.4 Å². The Labute approximate surface area is 188 Å². The van der Waals surface area contributed by atoms with E-state index in [1.54, 1.807) is 11.4 Å². The Morgan fingerprint density at radius 3 is 2.81 bits per heavy atom. The molecule has 164 valence electrons. The van der Waals surface area contributed by atoms with E-state index >= 15 is 0 Å². The van der Waals surface area contributed by atoms with Gasteiger partial charge in [-0.1, -0.05) is 18.2 Å². The number of hydrogen-bond donors (Lipinski definition) is 3. The molecule has 3 amide bonds. The Morgan fingerprint density at radius 2 is 2.03 bits per heavy atom. The third-order valence-corrected chi connectivity index (χ3v) is 5.91. The Balaban J connectivity index is 1.34. The number of carbonyl (C=O) groups is 3. The number of benzene rings is 2. The van der Waals surface area contributed by atoms with Gasteiger partial charge in [-0.15, -0.1) is 11.3 Å². The SMILES string of the molecule is CC(=O)Nc1ccc(-c2csc(NC(=O)CCC3Cc4ccccc4NC3=O)n2)c(F)c1. The van der Waals surface area contributed by atoms with Crippen LogP contribution < -0.4 is 16.0 Å². The zero-order valence-electron chi connectivity index (χ0n) is 17.3. The van der Waals surface area contributed by atoms with Crippen LogP contribution in [0.3, 0.4) is 0 Å². The Bertz CT molecular complexity index is 1190. The van der Waals surface area contributed by atoms with Gasteiger partial charge in [0.25, 0.3) is 0 Å². The van der Waals surface area contributed by atoms with Gasteiger partial charge in [-0.25, -0.2) is 9.37 Å². The van der Waals surface area contributed by atoms with E-state index in [0.717, 1.165) is 11.3 Å². The van der Waals surface area contributed by atoms with Crippen LogP contribution in [0.2, 0.25) is 0 Å². The number of amides is 3. The van der Waals surface area contributed by atoms with Gasteiger partial charge in [-0.05, 0) is 42.7 Å². The van der Waals surface area contributed by atoms with Crippen LogP contribution in [0, 0.1) is 11.7 Å². The summed E-state index contributed by atoms with van der Waals surface area (Å²) in [6.07, 6.45) is 1.20. The van der Waals surface area contributed by atoms with Crippen LogP contribution >= 0.6 is 11.3 Å². The quantitative estimate of drug-likeness (QED) is 0.515. The lowest BCUT2D eigenvalue weighted by atomic mass is 9.89. The van der Waals surface area contributed by atoms with Gasteiger partial charge in [0.05, 0.1) is 5.69 Å². The molecule has 9 heteroatoms. The van der Waals surface area contributed by atoms with Gasteiger partial charge in [0.2, 0.25) is 17.7 Å². The van der Waals surface area contributed by atoms with Crippen LogP contribution in [0.15, 0.2) is 47.8 Å². The second-order valence-corrected chi connectivity index (χ2v) is 8.41. The first kappa shape index (κ1) is 21.6. The van der Waals surface area contributed by atoms with Crippen molar-refractivity contribution in [1.82, 2.24) is 4.98 Å². The number of hydrogen-bond acceptors (Lipinski definition) is 5. The van der Waals surface area contributed by atoms with Crippen LogP contribution in [0.1, 0.15) is 25.3 Å². The second-order valence-electron chi connectivity index (χ2n) is 7.55. The minimum atomic E-state index is -0.525. The van der Waals surface area contributed by atoms with Crippen molar-refractivity contribution < 1.29 is 18.8 Å². The summed E-state index contributed by atoms with van der Waals surface area (Å²) in [6, 6.07) is 12.0. The van der Waals surface area contributed by atoms with E-state index in [4.69, 9.17) is 0 Å². The van der Waals surface area contributed by atoms with E-state index < -0.39 is 5.82 Å². The van der Waals surface area contributed by atoms with Crippen molar-refractivity contribution in [2.75, 3.05) is 16.0 Å². The largest absolute Gasteiger partial charge is 0.326 e. The van der Waals surface area contributed by atoms with Crippen molar-refractivity contribution in [2.24, 2.45) is 5.92 Å². The summed E-state index contributed by atoms with van der Waals surface area (Å²) in [5.74, 6) is -1.40. The topological polar surface area (TPSA) is 100 Å². The minimum absolute atomic E-state index is 0.0776. The molecular weight excluding hydrogens is 431 g/mol. The van der Waals surface area contributed by atoms with Gasteiger partial charge in [-0.2, -0.15) is 0 Å². The molecule has 3 aromatic rings. The fraction of sp³-hybridized carbons (Fsp3) is 0.217. The van der Waals surface area contributed by atoms with Gasteiger partial charge in [-0.3, -0.25) is 14.4 Å². The first-order chi connectivity index (χ1) is 15.4. The molecule has 1 aliphatic rings. The van der Waals surface area contributed by atoms with Crippen molar-refractivity contribution in [2.45, 2.75) is 26.2 Å². The molecule has 0 aliphatic carbocycles. The molecule has 0 radical (unpaired) electrons. The highest BCUT2D eigenvalue weighted by Gasteiger charge is 2.26. The molecule has 32 heavy (non-hydrogen) atoms. The lowest BCUT2D eigenvalue weighted by molar-refractivity contribution is -0.121. The van der Waals surface area contributed by atoms with Crippen LogP contribution in [-0.2, 0) is 20.8 Å². The van der Waals surface area contributed by atoms with E-state index in [9.17, 15) is 18.8 Å². The predicted molar refractivity (Wildman–Crippen MR) is 122 cm³/mol. The molecule has 0 saturated heterocycles. The number of halogens is 1. The molecule has 7 nitrogen and oxygen atoms in total. The van der Waals surface area contributed by atoms with Crippen LogP contribution in [0.4, 0.5) is 20.9 Å². The number of fused-ring (bicyclic) bond motifs is 1. The second kappa shape index (κ2) is 9.27. The first-order valence-electron chi connectivity index (χ1n) is 10.1. The van der Waals surface area contributed by atoms with Crippen molar-refractivity contribution in [3.8, 4) is 11.3 Å². The Kier molecular flexibility index (Phi) is 6.27. The highest BCUT2D eigenvalue weighted by molar-refractivity contribution is 7.14. The molecule has 3 N–H and O–H groups in total. The zero-order valence-corrected chi connectivity index (χ0v) is 18.1. The smallest absolute Gasteiger partial charge is 0.227 e. The number of nitrogens with zero attached hydrogens (tertiary/aromatic N) is 1. The van der Waals surface area contributed by atoms with Gasteiger partial charge >= 0.3 is 0 Å². The lowest BCUT2D eigenvalue weighted by Gasteiger charge is -2.24. The van der Waals surface area contributed by atoms with Crippen LogP contribution in [-0.4, -0.2) is 22.7 Å². The third kappa shape index (κ3) is 5.00. The fourth-order valence-electron chi connectivity index (χ4n) is 3.59. The highest BCUT2D eigenvalue weighted by Crippen LogP contribution is 2.30. The summed E-state index contributed by atoms with van der Waals surface area (Å²) in [5, 5.41) is 10.1. The minimum Gasteiger partial charge on any atom is -0.326 e. The normalized spacial score (nSPS) is 14.9. The van der Waals surface area contributed by atoms with E-state index in [-0.39, 0.29) is 35.6 Å². The summed E-state index contributed by atoms with van der Waals surface area (Å²) >= 11 is 1.19. The number of thiazole rings is 1. The monoisotopic (exact) mass is 452 g/mol. The fourth-order valence-corrected chi connectivity index (χ4v) is 4.32. The molecule has 4 rings (SSSR count). The molecule has 2 heterocycles. The van der Waals surface area contributed by atoms with E-state index in [2.05, 4.69) is 20.9 Å². The summed E-state index contributed by atoms with van der Waals surface area (Å²) in [5.41, 5.74) is 2.91. The van der Waals surface area contributed by atoms with E-state index in [1.807, 2.05) is 24.3 Å². The molecule has 0 spiro atoms. The number of aromatic nitrogens is 1. The van der Waals surface area contributed by atoms with Crippen molar-refractivity contribution >= 4 is 45.6 Å². The average molecular weight is 453 g/mol. The zero-order chi connectivity index (χ0) is 22.7. The Hall–Kier alpha value is -3.59. The van der Waals surface area contributed by atoms with Gasteiger partial charge < -0.3 is 16.0 Å². The van der Waals surface area contributed by atoms with Crippen LogP contribution in [0.25, 0.3) is 11.3 Å². The number of carbonyl (C=O) groups excluding carboxylic acids is 3. The summed E-state index contributed by atoms with van der Waals surface area (Å²) < 4.78 is 14.4. The molecule has 1 atom stereocenters. The summed E-state index contributed by atoms with van der Waals surface area (Å²) in [4.78, 5) is 40.1. The summed E-state index contributed by atoms with van der Waals surface area (Å²) in [6.45, 7) is 1.35. The highest BCUT2D eigenvalue weighted by atomic mass is 32.1. The Morgan fingerprint density at radius 1 is 1.22 bits per heavy atom. The average Bonchev–Trinajstić information content (AvgIpc) is 3.20. The number of para-hydroxylation sites is 1. The van der Waals surface area contributed by atoms with Gasteiger partial charge in [0.15, 0.2) is 5.13 Å². The molecule has 2 aromatic carbocycles. The van der Waals surface area contributed by atoms with Gasteiger partial charge in [0.1, 0.15) is 5.82 Å². The van der Waals surface area contributed by atoms with Crippen molar-refractivity contribution in [1.29, 1.82) is 0 Å². The molecular formula is C23H21FN4O3S. The molecule has 0 fully saturated rings. The molecule has 1 aromatic heterocycles. The lowest BCUT2D eigenvalue weighted by Crippen LogP contribution is -2.30. The molecule has 1 unspecified atom stereocenters. The van der Waals surface area contributed by atoms with Gasteiger partial charge in [0, 0.05) is 41.6 Å². The molecule has 1 aliphatic heterocycles.